The molecule has 6 nitrogen and oxygen atoms in total. The monoisotopic (exact) mass is 338 g/mol. The third-order valence-electron chi connectivity index (χ3n) is 4.00. The lowest BCUT2D eigenvalue weighted by Crippen LogP contribution is -2.42. The van der Waals surface area contributed by atoms with E-state index in [1.165, 1.54) is 4.90 Å². The normalized spacial score (nSPS) is 18.9. The Labute approximate surface area is 137 Å². The second kappa shape index (κ2) is 7.12. The summed E-state index contributed by atoms with van der Waals surface area (Å²) in [4.78, 5) is 19.2. The molecule has 1 aliphatic rings. The van der Waals surface area contributed by atoms with Crippen molar-refractivity contribution in [1.82, 2.24) is 4.90 Å². The number of amides is 1. The molecule has 0 radical (unpaired) electrons. The van der Waals surface area contributed by atoms with Crippen LogP contribution in [0.1, 0.15) is 31.9 Å². The van der Waals surface area contributed by atoms with Gasteiger partial charge in [0.25, 0.3) is 5.91 Å². The highest BCUT2D eigenvalue weighted by Crippen LogP contribution is 2.27. The van der Waals surface area contributed by atoms with Crippen LogP contribution in [0.5, 0.6) is 0 Å². The van der Waals surface area contributed by atoms with Gasteiger partial charge in [0.1, 0.15) is 5.71 Å². The Morgan fingerprint density at radius 3 is 2.65 bits per heavy atom. The molecule has 1 aromatic rings. The number of rotatable bonds is 6. The molecule has 0 N–H and O–H groups in total. The number of benzene rings is 1. The zero-order valence-corrected chi connectivity index (χ0v) is 14.4. The first kappa shape index (κ1) is 17.5. The van der Waals surface area contributed by atoms with Gasteiger partial charge < -0.3 is 9.74 Å². The molecule has 0 spiro atoms. The fourth-order valence-electron chi connectivity index (χ4n) is 2.35. The highest BCUT2D eigenvalue weighted by molar-refractivity contribution is 7.91. The fraction of sp³-hybridized carbons (Fsp3) is 0.500. The van der Waals surface area contributed by atoms with Crippen LogP contribution < -0.4 is 0 Å². The minimum Gasteiger partial charge on any atom is -0.387 e. The minimum absolute atomic E-state index is 0.0536. The minimum atomic E-state index is -3.14. The molecule has 0 aliphatic carbocycles. The predicted molar refractivity (Wildman–Crippen MR) is 88.9 cm³/mol. The van der Waals surface area contributed by atoms with Crippen molar-refractivity contribution in [3.05, 3.63) is 35.9 Å². The summed E-state index contributed by atoms with van der Waals surface area (Å²) in [5.41, 5.74) is 1.28. The number of sulfone groups is 1. The predicted octanol–water partition coefficient (Wildman–Crippen LogP) is 1.79. The Balaban J connectivity index is 1.98. The van der Waals surface area contributed by atoms with Crippen LogP contribution in [0.15, 0.2) is 35.5 Å². The van der Waals surface area contributed by atoms with Crippen LogP contribution in [0, 0.1) is 0 Å². The number of nitrogens with zero attached hydrogens (tertiary/aromatic N) is 2. The van der Waals surface area contributed by atoms with Gasteiger partial charge in [0.2, 0.25) is 0 Å². The molecule has 0 unspecified atom stereocenters. The third kappa shape index (κ3) is 4.31. The Hall–Kier alpha value is -1.89. The number of carbonyl (C=O) groups excluding carboxylic acids is 1. The molecule has 1 aliphatic heterocycles. The van der Waals surface area contributed by atoms with Crippen molar-refractivity contribution in [3.63, 3.8) is 0 Å². The number of hydrogen-bond acceptors (Lipinski definition) is 5. The molecule has 1 amide bonds. The maximum absolute atomic E-state index is 12.5. The molecule has 7 heteroatoms. The second-order valence-corrected chi connectivity index (χ2v) is 8.11. The van der Waals surface area contributed by atoms with E-state index in [2.05, 4.69) is 5.16 Å². The van der Waals surface area contributed by atoms with Gasteiger partial charge in [-0.05, 0) is 12.5 Å². The Morgan fingerprint density at radius 1 is 1.39 bits per heavy atom. The second-order valence-electron chi connectivity index (χ2n) is 5.71. The maximum atomic E-state index is 12.5. The summed E-state index contributed by atoms with van der Waals surface area (Å²) in [7, 11) is -1.55. The van der Waals surface area contributed by atoms with E-state index in [0.29, 0.717) is 12.1 Å². The van der Waals surface area contributed by atoms with Gasteiger partial charge in [-0.3, -0.25) is 4.79 Å². The molecule has 0 bridgehead atoms. The van der Waals surface area contributed by atoms with Gasteiger partial charge in [-0.15, -0.1) is 0 Å². The van der Waals surface area contributed by atoms with Crippen molar-refractivity contribution >= 4 is 21.5 Å². The molecular formula is C16H22N2O4S. The summed E-state index contributed by atoms with van der Waals surface area (Å²) >= 11 is 0. The number of oxime groups is 1. The van der Waals surface area contributed by atoms with E-state index in [4.69, 9.17) is 4.84 Å². The molecule has 0 fully saturated rings. The summed E-state index contributed by atoms with van der Waals surface area (Å²) in [6.07, 6.45) is 0.124. The van der Waals surface area contributed by atoms with E-state index in [9.17, 15) is 13.2 Å². The van der Waals surface area contributed by atoms with Gasteiger partial charge >= 0.3 is 0 Å². The summed E-state index contributed by atoms with van der Waals surface area (Å²) in [6.45, 7) is 3.32. The third-order valence-corrected chi connectivity index (χ3v) is 5.87. The average molecular weight is 338 g/mol. The smallest absolute Gasteiger partial charge is 0.271 e. The largest absolute Gasteiger partial charge is 0.387 e. The van der Waals surface area contributed by atoms with Crippen molar-refractivity contribution in [1.29, 1.82) is 0 Å². The van der Waals surface area contributed by atoms with E-state index in [1.807, 2.05) is 30.3 Å². The van der Waals surface area contributed by atoms with Crippen LogP contribution in [0.3, 0.4) is 0 Å². The first-order chi connectivity index (χ1) is 10.8. The number of carbonyl (C=O) groups is 1. The van der Waals surface area contributed by atoms with Crippen LogP contribution in [0.4, 0.5) is 0 Å². The van der Waals surface area contributed by atoms with E-state index < -0.39 is 15.9 Å². The van der Waals surface area contributed by atoms with E-state index in [0.717, 1.165) is 5.56 Å². The van der Waals surface area contributed by atoms with Crippen molar-refractivity contribution < 1.29 is 18.0 Å². The summed E-state index contributed by atoms with van der Waals surface area (Å²) in [5, 5.41) is 3.89. The maximum Gasteiger partial charge on any atom is 0.271 e. The quantitative estimate of drug-likeness (QED) is 0.792. The SMILES string of the molecule is CCS(=O)(=O)C[C@H](C)N(C)C(=O)C1=NO[C@@H](c2ccccc2)C1. The lowest BCUT2D eigenvalue weighted by Gasteiger charge is -2.24. The standard InChI is InChI=1S/C16H22N2O4S/c1-4-23(20,21)11-12(2)18(3)16(19)14-10-15(22-17-14)13-8-6-5-7-9-13/h5-9,12,15H,4,10-11H2,1-3H3/t12-,15+/m0/s1. The Bertz CT molecular complexity index is 685. The van der Waals surface area contributed by atoms with Crippen molar-refractivity contribution in [2.75, 3.05) is 18.6 Å². The van der Waals surface area contributed by atoms with Gasteiger partial charge in [0.05, 0.1) is 5.75 Å². The van der Waals surface area contributed by atoms with Crippen LogP contribution in [-0.2, 0) is 19.5 Å². The molecule has 126 valence electrons. The van der Waals surface area contributed by atoms with E-state index >= 15 is 0 Å². The molecular weight excluding hydrogens is 316 g/mol. The fourth-order valence-corrected chi connectivity index (χ4v) is 3.55. The molecule has 1 aromatic carbocycles. The lowest BCUT2D eigenvalue weighted by atomic mass is 10.0. The molecule has 0 saturated carbocycles. The molecule has 0 saturated heterocycles. The lowest BCUT2D eigenvalue weighted by molar-refractivity contribution is -0.124. The average Bonchev–Trinajstić information content (AvgIpc) is 3.04. The highest BCUT2D eigenvalue weighted by atomic mass is 32.2. The van der Waals surface area contributed by atoms with Crippen molar-refractivity contribution in [3.8, 4) is 0 Å². The summed E-state index contributed by atoms with van der Waals surface area (Å²) < 4.78 is 23.4. The first-order valence-electron chi connectivity index (χ1n) is 7.59. The molecule has 2 atom stereocenters. The van der Waals surface area contributed by atoms with Crippen LogP contribution >= 0.6 is 0 Å². The van der Waals surface area contributed by atoms with Gasteiger partial charge in [-0.25, -0.2) is 8.42 Å². The topological polar surface area (TPSA) is 76.0 Å². The molecule has 1 heterocycles. The molecule has 23 heavy (non-hydrogen) atoms. The van der Waals surface area contributed by atoms with Crippen molar-refractivity contribution in [2.24, 2.45) is 5.16 Å². The van der Waals surface area contributed by atoms with Gasteiger partial charge in [-0.1, -0.05) is 42.4 Å². The Morgan fingerprint density at radius 2 is 2.04 bits per heavy atom. The Kier molecular flexibility index (Phi) is 5.41. The number of hydrogen-bond donors (Lipinski definition) is 0. The van der Waals surface area contributed by atoms with Gasteiger partial charge in [0, 0.05) is 25.3 Å². The zero-order valence-electron chi connectivity index (χ0n) is 13.6. The van der Waals surface area contributed by atoms with Gasteiger partial charge in [-0.2, -0.15) is 0 Å². The molecule has 0 aromatic heterocycles. The highest BCUT2D eigenvalue weighted by Gasteiger charge is 2.31. The van der Waals surface area contributed by atoms with Gasteiger partial charge in [0.15, 0.2) is 15.9 Å². The zero-order chi connectivity index (χ0) is 17.0. The van der Waals surface area contributed by atoms with E-state index in [1.54, 1.807) is 20.9 Å². The van der Waals surface area contributed by atoms with Crippen LogP contribution in [-0.4, -0.2) is 49.5 Å². The van der Waals surface area contributed by atoms with E-state index in [-0.39, 0.29) is 23.5 Å². The van der Waals surface area contributed by atoms with Crippen molar-refractivity contribution in [2.45, 2.75) is 32.4 Å². The van der Waals surface area contributed by atoms with Crippen LogP contribution in [0.25, 0.3) is 0 Å². The van der Waals surface area contributed by atoms with Crippen LogP contribution in [0.2, 0.25) is 0 Å². The summed E-state index contributed by atoms with van der Waals surface area (Å²) in [5.74, 6) is -0.274. The molecule has 2 rings (SSSR count). The summed E-state index contributed by atoms with van der Waals surface area (Å²) in [6, 6.07) is 9.16. The first-order valence-corrected chi connectivity index (χ1v) is 9.41.